The number of hydrogen-bond acceptors (Lipinski definition) is 6. The van der Waals surface area contributed by atoms with Crippen molar-refractivity contribution in [1.82, 2.24) is 5.32 Å². The lowest BCUT2D eigenvalue weighted by molar-refractivity contribution is -0.119. The standard InChI is InChI=1S/C17H17FN4O5/c1-9(23)20-6-12-7-22(17(24)27-12)11-2-3-13(14(18)5-11)10-4-15(26-8-10)16(19)21-25/h2-5,8,12,25H,6-7H2,1H3,(H2,19,21)(H,20,23)/t12-/m0/s1. The summed E-state index contributed by atoms with van der Waals surface area (Å²) in [6.45, 7) is 1.74. The molecule has 0 radical (unpaired) electrons. The van der Waals surface area contributed by atoms with E-state index in [1.54, 1.807) is 6.07 Å². The Morgan fingerprint density at radius 1 is 1.48 bits per heavy atom. The lowest BCUT2D eigenvalue weighted by Crippen LogP contribution is -2.33. The van der Waals surface area contributed by atoms with Crippen LogP contribution in [0.2, 0.25) is 0 Å². The van der Waals surface area contributed by atoms with Gasteiger partial charge in [-0.05, 0) is 24.3 Å². The van der Waals surface area contributed by atoms with Gasteiger partial charge in [0.2, 0.25) is 11.7 Å². The molecule has 0 saturated carbocycles. The van der Waals surface area contributed by atoms with Gasteiger partial charge in [0.25, 0.3) is 0 Å². The summed E-state index contributed by atoms with van der Waals surface area (Å²) in [6, 6.07) is 5.69. The monoisotopic (exact) mass is 376 g/mol. The van der Waals surface area contributed by atoms with Crippen LogP contribution < -0.4 is 16.0 Å². The molecule has 0 unspecified atom stereocenters. The van der Waals surface area contributed by atoms with Gasteiger partial charge in [-0.1, -0.05) is 5.16 Å². The van der Waals surface area contributed by atoms with E-state index in [2.05, 4.69) is 10.5 Å². The number of anilines is 1. The third kappa shape index (κ3) is 3.84. The number of carbonyl (C=O) groups is 2. The largest absolute Gasteiger partial charge is 0.460 e. The number of oxime groups is 1. The van der Waals surface area contributed by atoms with Crippen LogP contribution in [0.5, 0.6) is 0 Å². The van der Waals surface area contributed by atoms with Gasteiger partial charge in [0.05, 0.1) is 25.0 Å². The molecule has 2 heterocycles. The van der Waals surface area contributed by atoms with Crippen molar-refractivity contribution in [1.29, 1.82) is 0 Å². The number of nitrogens with one attached hydrogen (secondary N) is 1. The zero-order chi connectivity index (χ0) is 19.6. The summed E-state index contributed by atoms with van der Waals surface area (Å²) in [5, 5.41) is 14.0. The molecule has 0 spiro atoms. The average Bonchev–Trinajstić information content (AvgIpc) is 3.26. The Morgan fingerprint density at radius 3 is 2.93 bits per heavy atom. The number of nitrogens with two attached hydrogens (primary N) is 1. The third-order valence-electron chi connectivity index (χ3n) is 3.99. The summed E-state index contributed by atoms with van der Waals surface area (Å²) in [5.74, 6) is -0.952. The first-order valence-corrected chi connectivity index (χ1v) is 7.98. The SMILES string of the molecule is CC(=O)NC[C@H]1CN(c2ccc(-c3coc(/C(N)=N\O)c3)c(F)c2)C(=O)O1. The fourth-order valence-electron chi connectivity index (χ4n) is 2.66. The van der Waals surface area contributed by atoms with Gasteiger partial charge in [-0.25, -0.2) is 9.18 Å². The Balaban J connectivity index is 1.78. The van der Waals surface area contributed by atoms with Crippen LogP contribution in [0.25, 0.3) is 11.1 Å². The summed E-state index contributed by atoms with van der Waals surface area (Å²) in [4.78, 5) is 24.3. The second-order valence-corrected chi connectivity index (χ2v) is 5.90. The van der Waals surface area contributed by atoms with Gasteiger partial charge >= 0.3 is 6.09 Å². The molecule has 142 valence electrons. The molecular formula is C17H17FN4O5. The molecule has 1 atom stereocenters. The molecule has 1 aliphatic rings. The van der Waals surface area contributed by atoms with Crippen LogP contribution in [0.4, 0.5) is 14.9 Å². The summed E-state index contributed by atoms with van der Waals surface area (Å²) in [6.07, 6.45) is 0.148. The maximum absolute atomic E-state index is 14.6. The lowest BCUT2D eigenvalue weighted by Gasteiger charge is -2.14. The minimum absolute atomic E-state index is 0.0971. The molecule has 1 fully saturated rings. The number of amidine groups is 1. The third-order valence-corrected chi connectivity index (χ3v) is 3.99. The molecular weight excluding hydrogens is 359 g/mol. The van der Waals surface area contributed by atoms with E-state index in [1.165, 1.54) is 36.3 Å². The minimum atomic E-state index is -0.616. The number of ether oxygens (including phenoxy) is 1. The first-order chi connectivity index (χ1) is 12.9. The van der Waals surface area contributed by atoms with Crippen LogP contribution >= 0.6 is 0 Å². The number of benzene rings is 1. The number of hydrogen-bond donors (Lipinski definition) is 3. The van der Waals surface area contributed by atoms with Gasteiger partial charge in [-0.3, -0.25) is 9.69 Å². The smallest absolute Gasteiger partial charge is 0.414 e. The van der Waals surface area contributed by atoms with Crippen molar-refractivity contribution >= 4 is 23.5 Å². The van der Waals surface area contributed by atoms with Gasteiger partial charge < -0.3 is 25.4 Å². The van der Waals surface area contributed by atoms with Crippen molar-refractivity contribution in [3.63, 3.8) is 0 Å². The fourth-order valence-corrected chi connectivity index (χ4v) is 2.66. The molecule has 1 aromatic carbocycles. The lowest BCUT2D eigenvalue weighted by atomic mass is 10.1. The predicted octanol–water partition coefficient (Wildman–Crippen LogP) is 1.64. The van der Waals surface area contributed by atoms with E-state index in [-0.39, 0.29) is 36.2 Å². The van der Waals surface area contributed by atoms with Crippen molar-refractivity contribution in [2.45, 2.75) is 13.0 Å². The second kappa shape index (κ2) is 7.36. The van der Waals surface area contributed by atoms with Crippen molar-refractivity contribution < 1.29 is 28.3 Å². The zero-order valence-corrected chi connectivity index (χ0v) is 14.3. The highest BCUT2D eigenvalue weighted by atomic mass is 19.1. The summed E-state index contributed by atoms with van der Waals surface area (Å²) >= 11 is 0. The minimum Gasteiger partial charge on any atom is -0.460 e. The molecule has 9 nitrogen and oxygen atoms in total. The number of halogens is 1. The molecule has 1 aromatic heterocycles. The molecule has 10 heteroatoms. The molecule has 3 rings (SSSR count). The average molecular weight is 376 g/mol. The normalized spacial score (nSPS) is 17.1. The Morgan fingerprint density at radius 2 is 2.26 bits per heavy atom. The number of furan rings is 1. The van der Waals surface area contributed by atoms with Gasteiger partial charge in [-0.15, -0.1) is 0 Å². The molecule has 2 amide bonds. The van der Waals surface area contributed by atoms with Crippen molar-refractivity contribution in [3.8, 4) is 11.1 Å². The summed E-state index contributed by atoms with van der Waals surface area (Å²) in [5.41, 5.74) is 6.38. The van der Waals surface area contributed by atoms with E-state index in [1.807, 2.05) is 0 Å². The van der Waals surface area contributed by atoms with Crippen LogP contribution in [0.1, 0.15) is 12.7 Å². The predicted molar refractivity (Wildman–Crippen MR) is 92.9 cm³/mol. The van der Waals surface area contributed by atoms with Crippen LogP contribution in [0, 0.1) is 5.82 Å². The van der Waals surface area contributed by atoms with Crippen LogP contribution in [-0.4, -0.2) is 42.2 Å². The van der Waals surface area contributed by atoms with E-state index in [0.29, 0.717) is 11.3 Å². The maximum atomic E-state index is 14.6. The number of rotatable bonds is 5. The van der Waals surface area contributed by atoms with E-state index < -0.39 is 18.0 Å². The molecule has 27 heavy (non-hydrogen) atoms. The summed E-state index contributed by atoms with van der Waals surface area (Å²) in [7, 11) is 0. The van der Waals surface area contributed by atoms with Gasteiger partial charge in [0.15, 0.2) is 5.76 Å². The Bertz CT molecular complexity index is 910. The number of amides is 2. The Labute approximate surface area is 153 Å². The van der Waals surface area contributed by atoms with Crippen molar-refractivity contribution in [3.05, 3.63) is 42.1 Å². The van der Waals surface area contributed by atoms with E-state index in [0.717, 1.165) is 0 Å². The van der Waals surface area contributed by atoms with Gasteiger partial charge in [0, 0.05) is 18.1 Å². The second-order valence-electron chi connectivity index (χ2n) is 5.90. The van der Waals surface area contributed by atoms with E-state index in [4.69, 9.17) is 20.1 Å². The molecule has 1 aliphatic heterocycles. The van der Waals surface area contributed by atoms with E-state index in [9.17, 15) is 14.0 Å². The molecule has 1 saturated heterocycles. The van der Waals surface area contributed by atoms with Crippen molar-refractivity contribution in [2.75, 3.05) is 18.0 Å². The highest BCUT2D eigenvalue weighted by Gasteiger charge is 2.32. The molecule has 0 aliphatic carbocycles. The van der Waals surface area contributed by atoms with Gasteiger partial charge in [-0.2, -0.15) is 0 Å². The first-order valence-electron chi connectivity index (χ1n) is 7.98. The molecule has 0 bridgehead atoms. The number of carbonyl (C=O) groups excluding carboxylic acids is 2. The summed E-state index contributed by atoms with van der Waals surface area (Å²) < 4.78 is 24.9. The number of cyclic esters (lactones) is 1. The van der Waals surface area contributed by atoms with Crippen LogP contribution in [0.15, 0.2) is 40.1 Å². The van der Waals surface area contributed by atoms with Crippen molar-refractivity contribution in [2.24, 2.45) is 10.9 Å². The number of nitrogens with zero attached hydrogens (tertiary/aromatic N) is 2. The Kier molecular flexibility index (Phi) is 4.97. The fraction of sp³-hybridized carbons (Fsp3) is 0.235. The molecule has 2 aromatic rings. The first kappa shape index (κ1) is 18.2. The van der Waals surface area contributed by atoms with E-state index >= 15 is 0 Å². The van der Waals surface area contributed by atoms with Gasteiger partial charge in [0.1, 0.15) is 11.9 Å². The highest BCUT2D eigenvalue weighted by molar-refractivity contribution is 5.95. The topological polar surface area (TPSA) is 130 Å². The van der Waals surface area contributed by atoms with Crippen LogP contribution in [0.3, 0.4) is 0 Å². The van der Waals surface area contributed by atoms with Crippen LogP contribution in [-0.2, 0) is 9.53 Å². The Hall–Kier alpha value is -3.56. The quantitative estimate of drug-likeness (QED) is 0.315. The highest BCUT2D eigenvalue weighted by Crippen LogP contribution is 2.30. The molecule has 4 N–H and O–H groups in total. The maximum Gasteiger partial charge on any atom is 0.414 e. The zero-order valence-electron chi connectivity index (χ0n) is 14.3.